The minimum absolute atomic E-state index is 0.0358. The van der Waals surface area contributed by atoms with Crippen molar-refractivity contribution in [2.45, 2.75) is 315 Å². The highest BCUT2D eigenvalue weighted by atomic mass is 31.2. The molecule has 0 aromatic heterocycles. The smallest absolute Gasteiger partial charge is 0.306 e. The van der Waals surface area contributed by atoms with Crippen molar-refractivity contribution in [2.24, 2.45) is 0 Å². The number of hydrogen-bond acceptors (Lipinski definition) is 8. The number of phosphoric acid groups is 1. The van der Waals surface area contributed by atoms with E-state index >= 15 is 0 Å². The van der Waals surface area contributed by atoms with E-state index in [1.807, 2.05) is 21.1 Å². The molecule has 0 amide bonds. The Morgan fingerprint density at radius 1 is 0.364 bits per heavy atom. The summed E-state index contributed by atoms with van der Waals surface area (Å²) in [5.74, 6) is -0.834. The highest BCUT2D eigenvalue weighted by Gasteiger charge is 2.22. The van der Waals surface area contributed by atoms with E-state index in [-0.39, 0.29) is 32.0 Å². The van der Waals surface area contributed by atoms with Crippen LogP contribution in [-0.4, -0.2) is 70.0 Å². The van der Waals surface area contributed by atoms with E-state index in [1.165, 1.54) is 173 Å². The second-order valence-electron chi connectivity index (χ2n) is 25.2. The summed E-state index contributed by atoms with van der Waals surface area (Å²) in [6.45, 7) is 4.13. The molecule has 506 valence electrons. The molecule has 2 atom stereocenters. The molecule has 0 bridgehead atoms. The normalized spacial score (nSPS) is 13.8. The number of nitrogens with zero attached hydrogens (tertiary/aromatic N) is 1. The van der Waals surface area contributed by atoms with E-state index in [1.54, 1.807) is 0 Å². The summed E-state index contributed by atoms with van der Waals surface area (Å²) < 4.78 is 34.3. The van der Waals surface area contributed by atoms with Gasteiger partial charge in [0.2, 0.25) is 0 Å². The molecule has 0 radical (unpaired) electrons. The molecule has 0 aliphatic carbocycles. The Hall–Kier alpha value is -3.59. The van der Waals surface area contributed by atoms with Gasteiger partial charge >= 0.3 is 11.9 Å². The molecule has 88 heavy (non-hydrogen) atoms. The van der Waals surface area contributed by atoms with Gasteiger partial charge in [0.05, 0.1) is 27.7 Å². The third-order valence-electron chi connectivity index (χ3n) is 15.5. The molecule has 0 N–H and O–H groups in total. The Morgan fingerprint density at radius 3 is 0.966 bits per heavy atom. The Labute approximate surface area is 543 Å². The fourth-order valence-corrected chi connectivity index (χ4v) is 10.7. The largest absolute Gasteiger partial charge is 0.756 e. The predicted molar refractivity (Wildman–Crippen MR) is 378 cm³/mol. The Bertz CT molecular complexity index is 1900. The highest BCUT2D eigenvalue weighted by molar-refractivity contribution is 7.45. The van der Waals surface area contributed by atoms with Crippen molar-refractivity contribution < 1.29 is 42.1 Å². The van der Waals surface area contributed by atoms with Crippen molar-refractivity contribution in [1.29, 1.82) is 0 Å². The van der Waals surface area contributed by atoms with Gasteiger partial charge in [0.25, 0.3) is 7.82 Å². The van der Waals surface area contributed by atoms with Crippen molar-refractivity contribution in [3.63, 3.8) is 0 Å². The molecule has 2 unspecified atom stereocenters. The van der Waals surface area contributed by atoms with E-state index in [0.717, 1.165) is 103 Å². The number of esters is 2. The minimum atomic E-state index is -4.65. The molecule has 0 heterocycles. The van der Waals surface area contributed by atoms with Crippen molar-refractivity contribution in [1.82, 2.24) is 0 Å². The first kappa shape index (κ1) is 84.4. The molecule has 9 nitrogen and oxygen atoms in total. The monoisotopic (exact) mass is 1250 g/mol. The highest BCUT2D eigenvalue weighted by Crippen LogP contribution is 2.38. The number of likely N-dealkylation sites (N-methyl/N-ethyl adjacent to an activating group) is 1. The zero-order chi connectivity index (χ0) is 64.1. The molecule has 0 aromatic carbocycles. The molecule has 0 saturated heterocycles. The first-order valence-electron chi connectivity index (χ1n) is 36.2. The number of hydrogen-bond donors (Lipinski definition) is 0. The number of rotatable bonds is 66. The van der Waals surface area contributed by atoms with Gasteiger partial charge in [0, 0.05) is 12.8 Å². The number of quaternary nitrogens is 1. The SMILES string of the molecule is CC/C=C\C/C=C\C/C=C\C/C=C\C/C=C\C/C=C\C/C=C\C/C=C\CCCCCCCCCCCCC(=O)OC(COC(=O)CCCCCCCCCCCCCCCCCCC/C=C\C/C=C\CCCCCCC)COP(=O)([O-])OCC[N+](C)(C)C. The Balaban J connectivity index is 4.07. The van der Waals surface area contributed by atoms with Gasteiger partial charge in [0.1, 0.15) is 19.8 Å². The topological polar surface area (TPSA) is 111 Å². The number of unbranched alkanes of at least 4 members (excludes halogenated alkanes) is 32. The molecular formula is C78H136NO8P. The predicted octanol–water partition coefficient (Wildman–Crippen LogP) is 23.2. The van der Waals surface area contributed by atoms with E-state index in [9.17, 15) is 19.0 Å². The van der Waals surface area contributed by atoms with E-state index in [0.29, 0.717) is 17.4 Å². The number of ether oxygens (including phenoxy) is 2. The second kappa shape index (κ2) is 67.8. The first-order valence-corrected chi connectivity index (χ1v) is 37.7. The number of allylic oxidation sites excluding steroid dienone is 20. The van der Waals surface area contributed by atoms with Crippen molar-refractivity contribution >= 4 is 19.8 Å². The van der Waals surface area contributed by atoms with Crippen molar-refractivity contribution in [2.75, 3.05) is 47.5 Å². The zero-order valence-corrected chi connectivity index (χ0v) is 58.5. The van der Waals surface area contributed by atoms with Crippen LogP contribution in [0.5, 0.6) is 0 Å². The number of carbonyl (C=O) groups excluding carboxylic acids is 2. The van der Waals surface area contributed by atoms with Crippen LogP contribution in [0.4, 0.5) is 0 Å². The standard InChI is InChI=1S/C78H136NO8P/c1-6-8-10-12-14-16-18-20-22-24-26-28-30-32-34-36-37-38-39-40-41-43-45-47-49-51-53-55-57-59-61-63-65-67-69-71-78(81)87-76(75-86-88(82,83)85-73-72-79(3,4)5)74-84-77(80)70-68-66-64-62-60-58-56-54-52-50-48-46-44-42-35-33-31-29-27-25-23-21-19-17-15-13-11-9-7-2/h8,10,14,16,19-22,25-28,32,34,37-38,40-41,45,47,76H,6-7,9,11-13,15,17-18,23-24,29-31,33,35-36,39,42-44,46,48-75H2,1-5H3/b10-8-,16-14-,21-19-,22-20-,27-25-,28-26-,34-32-,38-37-,41-40-,47-45-. The molecule has 10 heteroatoms. The third kappa shape index (κ3) is 71.5. The number of phosphoric ester groups is 1. The van der Waals surface area contributed by atoms with Gasteiger partial charge in [-0.25, -0.2) is 0 Å². The minimum Gasteiger partial charge on any atom is -0.756 e. The average Bonchev–Trinajstić information content (AvgIpc) is 3.57. The lowest BCUT2D eigenvalue weighted by atomic mass is 10.0. The van der Waals surface area contributed by atoms with Crippen LogP contribution in [0, 0.1) is 0 Å². The molecule has 0 spiro atoms. The van der Waals surface area contributed by atoms with Gasteiger partial charge in [0.15, 0.2) is 6.10 Å². The summed E-state index contributed by atoms with van der Waals surface area (Å²) in [7, 11) is 1.16. The molecule has 0 fully saturated rings. The lowest BCUT2D eigenvalue weighted by molar-refractivity contribution is -0.870. The summed E-state index contributed by atoms with van der Waals surface area (Å²) in [4.78, 5) is 38.1. The van der Waals surface area contributed by atoms with E-state index < -0.39 is 26.5 Å². The lowest BCUT2D eigenvalue weighted by Crippen LogP contribution is -2.37. The maximum atomic E-state index is 12.9. The second-order valence-corrected chi connectivity index (χ2v) is 26.6. The lowest BCUT2D eigenvalue weighted by Gasteiger charge is -2.28. The van der Waals surface area contributed by atoms with Crippen molar-refractivity contribution in [3.05, 3.63) is 122 Å². The van der Waals surface area contributed by atoms with Crippen LogP contribution in [0.25, 0.3) is 0 Å². The van der Waals surface area contributed by atoms with E-state index in [2.05, 4.69) is 135 Å². The quantitative estimate of drug-likeness (QED) is 0.0195. The fourth-order valence-electron chi connectivity index (χ4n) is 9.94. The fraction of sp³-hybridized carbons (Fsp3) is 0.718. The van der Waals surface area contributed by atoms with Gasteiger partial charge in [-0.3, -0.25) is 14.2 Å². The van der Waals surface area contributed by atoms with Crippen LogP contribution >= 0.6 is 7.82 Å². The van der Waals surface area contributed by atoms with Crippen LogP contribution in [0.3, 0.4) is 0 Å². The van der Waals surface area contributed by atoms with Crippen molar-refractivity contribution in [3.8, 4) is 0 Å². The maximum Gasteiger partial charge on any atom is 0.306 e. The summed E-state index contributed by atoms with van der Waals surface area (Å²) in [6.07, 6.45) is 97.1. The van der Waals surface area contributed by atoms with Crippen LogP contribution in [0.2, 0.25) is 0 Å². The molecule has 0 saturated carbocycles. The zero-order valence-electron chi connectivity index (χ0n) is 57.6. The molecule has 0 aromatic rings. The van der Waals surface area contributed by atoms with Gasteiger partial charge in [-0.2, -0.15) is 0 Å². The molecule has 0 rings (SSSR count). The maximum absolute atomic E-state index is 12.9. The van der Waals surface area contributed by atoms with Crippen LogP contribution in [0.1, 0.15) is 309 Å². The van der Waals surface area contributed by atoms with Crippen LogP contribution < -0.4 is 4.89 Å². The Morgan fingerprint density at radius 2 is 0.648 bits per heavy atom. The Kier molecular flexibility index (Phi) is 65.0. The van der Waals surface area contributed by atoms with Crippen LogP contribution in [-0.2, 0) is 32.7 Å². The van der Waals surface area contributed by atoms with Gasteiger partial charge in [-0.15, -0.1) is 0 Å². The van der Waals surface area contributed by atoms with Gasteiger partial charge in [-0.1, -0.05) is 309 Å². The molecular weight excluding hydrogens is 1110 g/mol. The summed E-state index contributed by atoms with van der Waals surface area (Å²) in [5.41, 5.74) is 0. The molecule has 0 aliphatic heterocycles. The van der Waals surface area contributed by atoms with Crippen LogP contribution in [0.15, 0.2) is 122 Å². The summed E-state index contributed by atoms with van der Waals surface area (Å²) >= 11 is 0. The number of carbonyl (C=O) groups is 2. The summed E-state index contributed by atoms with van der Waals surface area (Å²) in [6, 6.07) is 0. The average molecular weight is 1250 g/mol. The van der Waals surface area contributed by atoms with Gasteiger partial charge < -0.3 is 27.9 Å². The third-order valence-corrected chi connectivity index (χ3v) is 16.4. The van der Waals surface area contributed by atoms with Gasteiger partial charge in [-0.05, 0) is 109 Å². The summed E-state index contributed by atoms with van der Waals surface area (Å²) in [5, 5.41) is 0. The van der Waals surface area contributed by atoms with E-state index in [4.69, 9.17) is 18.5 Å². The molecule has 0 aliphatic rings. The first-order chi connectivity index (χ1) is 43.0.